The molecule has 26 heavy (non-hydrogen) atoms. The topological polar surface area (TPSA) is 35.6 Å². The fourth-order valence-electron chi connectivity index (χ4n) is 3.28. The van der Waals surface area contributed by atoms with E-state index in [-0.39, 0.29) is 0 Å². The molecule has 1 fully saturated rings. The monoisotopic (exact) mass is 355 g/mol. The number of alkyl halides is 1. The van der Waals surface area contributed by atoms with Crippen LogP contribution < -0.4 is 15.1 Å². The quantitative estimate of drug-likeness (QED) is 0.806. The molecular formula is C21H26FN3O. The molecule has 0 radical (unpaired) electrons. The van der Waals surface area contributed by atoms with E-state index in [4.69, 9.17) is 0 Å². The molecule has 0 aliphatic carbocycles. The molecule has 1 N–H and O–H groups in total. The standard InChI is InChI=1S/C21H26FN3O/c1-21(2,22)18-5-9-20(10-6-18)25-13-11-24(12-14-25)19-7-3-17(4-8-19)15-23-16-26/h3-10,16H,11-15H2,1-2H3,(H,23,26). The van der Waals surface area contributed by atoms with Crippen LogP contribution in [0.2, 0.25) is 0 Å². The minimum atomic E-state index is -1.30. The Morgan fingerprint density at radius 1 is 0.923 bits per heavy atom. The average Bonchev–Trinajstić information content (AvgIpc) is 2.66. The van der Waals surface area contributed by atoms with Gasteiger partial charge in [0, 0.05) is 44.1 Å². The summed E-state index contributed by atoms with van der Waals surface area (Å²) in [7, 11) is 0. The summed E-state index contributed by atoms with van der Waals surface area (Å²) in [5, 5.41) is 2.68. The number of benzene rings is 2. The van der Waals surface area contributed by atoms with Crippen LogP contribution in [0.5, 0.6) is 0 Å². The number of rotatable bonds is 6. The summed E-state index contributed by atoms with van der Waals surface area (Å²) in [5.41, 5.74) is 2.85. The first-order valence-electron chi connectivity index (χ1n) is 9.03. The highest BCUT2D eigenvalue weighted by molar-refractivity contribution is 5.53. The van der Waals surface area contributed by atoms with E-state index in [0.29, 0.717) is 18.5 Å². The fourth-order valence-corrected chi connectivity index (χ4v) is 3.28. The molecular weight excluding hydrogens is 329 g/mol. The maximum absolute atomic E-state index is 14.0. The molecule has 1 aliphatic heterocycles. The van der Waals surface area contributed by atoms with Crippen molar-refractivity contribution in [3.05, 3.63) is 59.7 Å². The van der Waals surface area contributed by atoms with Crippen molar-refractivity contribution in [1.29, 1.82) is 0 Å². The average molecular weight is 355 g/mol. The Balaban J connectivity index is 1.58. The smallest absolute Gasteiger partial charge is 0.207 e. The van der Waals surface area contributed by atoms with Crippen molar-refractivity contribution in [3.8, 4) is 0 Å². The van der Waals surface area contributed by atoms with Gasteiger partial charge in [0.1, 0.15) is 5.67 Å². The summed E-state index contributed by atoms with van der Waals surface area (Å²) >= 11 is 0. The molecule has 0 bridgehead atoms. The lowest BCUT2D eigenvalue weighted by Gasteiger charge is -2.37. The van der Waals surface area contributed by atoms with E-state index in [0.717, 1.165) is 37.4 Å². The van der Waals surface area contributed by atoms with E-state index in [1.54, 1.807) is 13.8 Å². The van der Waals surface area contributed by atoms with E-state index in [1.807, 2.05) is 24.3 Å². The molecule has 0 saturated carbocycles. The number of nitrogens with one attached hydrogen (secondary N) is 1. The first-order chi connectivity index (χ1) is 12.5. The van der Waals surface area contributed by atoms with Crippen molar-refractivity contribution in [2.45, 2.75) is 26.1 Å². The zero-order valence-electron chi connectivity index (χ0n) is 15.4. The van der Waals surface area contributed by atoms with Crippen LogP contribution in [0.25, 0.3) is 0 Å². The van der Waals surface area contributed by atoms with Crippen LogP contribution in [0, 0.1) is 0 Å². The van der Waals surface area contributed by atoms with Crippen molar-refractivity contribution in [2.75, 3.05) is 36.0 Å². The van der Waals surface area contributed by atoms with Gasteiger partial charge in [-0.1, -0.05) is 24.3 Å². The fraction of sp³-hybridized carbons (Fsp3) is 0.381. The minimum absolute atomic E-state index is 0.559. The summed E-state index contributed by atoms with van der Waals surface area (Å²) in [6.45, 7) is 7.50. The van der Waals surface area contributed by atoms with Crippen LogP contribution in [0.15, 0.2) is 48.5 Å². The van der Waals surface area contributed by atoms with Crippen molar-refractivity contribution in [1.82, 2.24) is 5.32 Å². The molecule has 5 heteroatoms. The van der Waals surface area contributed by atoms with E-state index >= 15 is 0 Å². The summed E-state index contributed by atoms with van der Waals surface area (Å²) in [6, 6.07) is 16.1. The van der Waals surface area contributed by atoms with E-state index in [1.165, 1.54) is 5.69 Å². The number of nitrogens with zero attached hydrogens (tertiary/aromatic N) is 2. The third-order valence-electron chi connectivity index (χ3n) is 4.89. The highest BCUT2D eigenvalue weighted by atomic mass is 19.1. The molecule has 0 atom stereocenters. The molecule has 3 rings (SSSR count). The maximum Gasteiger partial charge on any atom is 0.207 e. The Hall–Kier alpha value is -2.56. The van der Waals surface area contributed by atoms with Gasteiger partial charge in [-0.2, -0.15) is 0 Å². The second kappa shape index (κ2) is 7.77. The molecule has 2 aromatic rings. The maximum atomic E-state index is 14.0. The van der Waals surface area contributed by atoms with Crippen LogP contribution in [0.3, 0.4) is 0 Å². The van der Waals surface area contributed by atoms with E-state index < -0.39 is 5.67 Å². The van der Waals surface area contributed by atoms with Gasteiger partial charge >= 0.3 is 0 Å². The molecule has 2 aromatic carbocycles. The number of piperazine rings is 1. The number of amides is 1. The van der Waals surface area contributed by atoms with Crippen LogP contribution in [-0.4, -0.2) is 32.6 Å². The first-order valence-corrected chi connectivity index (χ1v) is 9.03. The molecule has 138 valence electrons. The minimum Gasteiger partial charge on any atom is -0.368 e. The first kappa shape index (κ1) is 18.2. The van der Waals surface area contributed by atoms with Crippen molar-refractivity contribution < 1.29 is 9.18 Å². The van der Waals surface area contributed by atoms with Crippen LogP contribution in [0.4, 0.5) is 15.8 Å². The second-order valence-corrected chi connectivity index (χ2v) is 7.16. The second-order valence-electron chi connectivity index (χ2n) is 7.16. The number of hydrogen-bond acceptors (Lipinski definition) is 3. The van der Waals surface area contributed by atoms with Gasteiger partial charge in [0.15, 0.2) is 0 Å². The molecule has 1 aliphatic rings. The highest BCUT2D eigenvalue weighted by Gasteiger charge is 2.20. The lowest BCUT2D eigenvalue weighted by atomic mass is 10.00. The van der Waals surface area contributed by atoms with Gasteiger partial charge in [0.25, 0.3) is 0 Å². The number of carbonyl (C=O) groups excluding carboxylic acids is 1. The van der Waals surface area contributed by atoms with Gasteiger partial charge in [-0.25, -0.2) is 4.39 Å². The molecule has 1 heterocycles. The number of halogens is 1. The van der Waals surface area contributed by atoms with Crippen LogP contribution in [0.1, 0.15) is 25.0 Å². The lowest BCUT2D eigenvalue weighted by Crippen LogP contribution is -2.46. The Morgan fingerprint density at radius 2 is 1.38 bits per heavy atom. The molecule has 0 spiro atoms. The number of carbonyl (C=O) groups is 1. The number of anilines is 2. The third kappa shape index (κ3) is 4.34. The zero-order valence-corrected chi connectivity index (χ0v) is 15.4. The molecule has 1 amide bonds. The largest absolute Gasteiger partial charge is 0.368 e. The molecule has 4 nitrogen and oxygen atoms in total. The number of hydrogen-bond donors (Lipinski definition) is 1. The molecule has 0 unspecified atom stereocenters. The normalized spacial score (nSPS) is 15.0. The van der Waals surface area contributed by atoms with Crippen molar-refractivity contribution >= 4 is 17.8 Å². The zero-order chi connectivity index (χ0) is 18.6. The molecule has 0 aromatic heterocycles. The Kier molecular flexibility index (Phi) is 5.45. The predicted molar refractivity (Wildman–Crippen MR) is 104 cm³/mol. The van der Waals surface area contributed by atoms with Crippen molar-refractivity contribution in [3.63, 3.8) is 0 Å². The van der Waals surface area contributed by atoms with E-state index in [2.05, 4.69) is 39.4 Å². The van der Waals surface area contributed by atoms with Gasteiger partial charge in [0.05, 0.1) is 0 Å². The Bertz CT molecular complexity index is 714. The van der Waals surface area contributed by atoms with Crippen molar-refractivity contribution in [2.24, 2.45) is 0 Å². The third-order valence-corrected chi connectivity index (χ3v) is 4.89. The predicted octanol–water partition coefficient (Wildman–Crippen LogP) is 3.46. The summed E-state index contributed by atoms with van der Waals surface area (Å²) in [4.78, 5) is 15.1. The summed E-state index contributed by atoms with van der Waals surface area (Å²) in [6.07, 6.45) is 0.717. The summed E-state index contributed by atoms with van der Waals surface area (Å²) in [5.74, 6) is 0. The van der Waals surface area contributed by atoms with Gasteiger partial charge in [-0.3, -0.25) is 4.79 Å². The van der Waals surface area contributed by atoms with E-state index in [9.17, 15) is 9.18 Å². The van der Waals surface area contributed by atoms with Gasteiger partial charge in [0.2, 0.25) is 6.41 Å². The van der Waals surface area contributed by atoms with Gasteiger partial charge in [-0.15, -0.1) is 0 Å². The lowest BCUT2D eigenvalue weighted by molar-refractivity contribution is -0.109. The van der Waals surface area contributed by atoms with Crippen LogP contribution >= 0.6 is 0 Å². The summed E-state index contributed by atoms with van der Waals surface area (Å²) < 4.78 is 14.0. The Labute approximate surface area is 154 Å². The SMILES string of the molecule is CC(C)(F)c1ccc(N2CCN(c3ccc(CNC=O)cc3)CC2)cc1. The Morgan fingerprint density at radius 3 is 1.81 bits per heavy atom. The van der Waals surface area contributed by atoms with Crippen LogP contribution in [-0.2, 0) is 17.0 Å². The molecule has 1 saturated heterocycles. The highest BCUT2D eigenvalue weighted by Crippen LogP contribution is 2.27. The van der Waals surface area contributed by atoms with Gasteiger partial charge in [-0.05, 0) is 49.2 Å². The van der Waals surface area contributed by atoms with Gasteiger partial charge < -0.3 is 15.1 Å².